The van der Waals surface area contributed by atoms with Gasteiger partial charge in [0.25, 0.3) is 5.91 Å². The normalized spacial score (nSPS) is 10.0. The van der Waals surface area contributed by atoms with E-state index in [0.717, 1.165) is 12.8 Å². The molecule has 2 N–H and O–H groups in total. The fourth-order valence-electron chi connectivity index (χ4n) is 1.20. The number of aromatic nitrogens is 1. The maximum atomic E-state index is 11.3. The van der Waals surface area contributed by atoms with Crippen molar-refractivity contribution in [3.8, 4) is 0 Å². The average Bonchev–Trinajstić information content (AvgIpc) is 2.75. The van der Waals surface area contributed by atoms with E-state index in [4.69, 9.17) is 5.11 Å². The predicted octanol–water partition coefficient (Wildman–Crippen LogP) is 1.05. The number of aliphatic carboxylic acids is 1. The van der Waals surface area contributed by atoms with Crippen LogP contribution in [0.15, 0.2) is 16.9 Å². The van der Waals surface area contributed by atoms with Gasteiger partial charge in [-0.05, 0) is 12.8 Å². The van der Waals surface area contributed by atoms with E-state index in [0.29, 0.717) is 13.0 Å². The highest BCUT2D eigenvalue weighted by atomic mass is 16.5. The predicted molar refractivity (Wildman–Crippen MR) is 54.9 cm³/mol. The van der Waals surface area contributed by atoms with Crippen LogP contribution in [0, 0.1) is 0 Å². The molecule has 0 aromatic carbocycles. The zero-order valence-corrected chi connectivity index (χ0v) is 8.81. The van der Waals surface area contributed by atoms with Crippen molar-refractivity contribution in [3.63, 3.8) is 0 Å². The summed E-state index contributed by atoms with van der Waals surface area (Å²) in [6.07, 6.45) is 3.69. The Morgan fingerprint density at radius 1 is 1.38 bits per heavy atom. The van der Waals surface area contributed by atoms with E-state index in [9.17, 15) is 9.59 Å². The Kier molecular flexibility index (Phi) is 5.04. The van der Waals surface area contributed by atoms with E-state index in [2.05, 4.69) is 15.0 Å². The van der Waals surface area contributed by atoms with Crippen molar-refractivity contribution >= 4 is 11.9 Å². The van der Waals surface area contributed by atoms with Gasteiger partial charge >= 0.3 is 5.97 Å². The number of unbranched alkanes of at least 4 members (excludes halogenated alkanes) is 2. The third kappa shape index (κ3) is 4.59. The number of carbonyl (C=O) groups is 2. The number of hydrogen-bond acceptors (Lipinski definition) is 4. The van der Waals surface area contributed by atoms with Crippen LogP contribution in [0.25, 0.3) is 0 Å². The van der Waals surface area contributed by atoms with Crippen LogP contribution in [-0.2, 0) is 4.79 Å². The van der Waals surface area contributed by atoms with Crippen LogP contribution in [0.1, 0.15) is 36.2 Å². The molecule has 0 aliphatic heterocycles. The zero-order chi connectivity index (χ0) is 11.8. The van der Waals surface area contributed by atoms with Gasteiger partial charge in [-0.2, -0.15) is 0 Å². The van der Waals surface area contributed by atoms with Crippen LogP contribution < -0.4 is 5.32 Å². The van der Waals surface area contributed by atoms with E-state index in [1.807, 2.05) is 0 Å². The smallest absolute Gasteiger partial charge is 0.303 e. The number of hydrogen-bond donors (Lipinski definition) is 2. The number of nitrogens with zero attached hydrogens (tertiary/aromatic N) is 1. The molecule has 1 heterocycles. The van der Waals surface area contributed by atoms with E-state index < -0.39 is 5.97 Å². The molecule has 0 aliphatic rings. The molecule has 1 amide bonds. The van der Waals surface area contributed by atoms with Crippen molar-refractivity contribution in [2.24, 2.45) is 0 Å². The lowest BCUT2D eigenvalue weighted by Gasteiger charge is -2.01. The number of carbonyl (C=O) groups excluding carboxylic acids is 1. The summed E-state index contributed by atoms with van der Waals surface area (Å²) < 4.78 is 4.53. The molecule has 6 nitrogen and oxygen atoms in total. The molecular formula is C10H14N2O4. The topological polar surface area (TPSA) is 92.4 Å². The summed E-state index contributed by atoms with van der Waals surface area (Å²) >= 11 is 0. The fourth-order valence-corrected chi connectivity index (χ4v) is 1.20. The minimum absolute atomic E-state index is 0.178. The molecule has 0 atom stereocenters. The second-order valence-electron chi connectivity index (χ2n) is 3.34. The first-order valence-corrected chi connectivity index (χ1v) is 5.10. The first-order chi connectivity index (χ1) is 7.70. The molecule has 88 valence electrons. The van der Waals surface area contributed by atoms with E-state index >= 15 is 0 Å². The van der Waals surface area contributed by atoms with Crippen LogP contribution in [-0.4, -0.2) is 28.7 Å². The van der Waals surface area contributed by atoms with Crippen molar-refractivity contribution in [1.29, 1.82) is 0 Å². The van der Waals surface area contributed by atoms with Gasteiger partial charge in [0.05, 0.1) is 0 Å². The Morgan fingerprint density at radius 2 is 2.19 bits per heavy atom. The summed E-state index contributed by atoms with van der Waals surface area (Å²) in [5.74, 6) is -1.06. The molecule has 0 aliphatic carbocycles. The highest BCUT2D eigenvalue weighted by Crippen LogP contribution is 1.99. The van der Waals surface area contributed by atoms with E-state index in [1.54, 1.807) is 0 Å². The average molecular weight is 226 g/mol. The molecule has 0 spiro atoms. The molecule has 0 saturated carbocycles. The van der Waals surface area contributed by atoms with Gasteiger partial charge in [0, 0.05) is 19.0 Å². The second-order valence-corrected chi connectivity index (χ2v) is 3.34. The number of amides is 1. The van der Waals surface area contributed by atoms with Gasteiger partial charge in [0.15, 0.2) is 5.69 Å². The molecule has 1 aromatic heterocycles. The SMILES string of the molecule is O=C(O)CCCCCNC(=O)c1ccon1. The van der Waals surface area contributed by atoms with Crippen LogP contribution in [0.2, 0.25) is 0 Å². The van der Waals surface area contributed by atoms with Crippen LogP contribution in [0.5, 0.6) is 0 Å². The van der Waals surface area contributed by atoms with Crippen LogP contribution in [0.3, 0.4) is 0 Å². The lowest BCUT2D eigenvalue weighted by molar-refractivity contribution is -0.137. The third-order valence-corrected chi connectivity index (χ3v) is 2.02. The number of nitrogens with one attached hydrogen (secondary N) is 1. The number of carboxylic acids is 1. The van der Waals surface area contributed by atoms with Gasteiger partial charge in [-0.1, -0.05) is 11.6 Å². The van der Waals surface area contributed by atoms with Crippen molar-refractivity contribution in [1.82, 2.24) is 10.5 Å². The molecule has 0 fully saturated rings. The van der Waals surface area contributed by atoms with Crippen molar-refractivity contribution in [2.75, 3.05) is 6.54 Å². The molecular weight excluding hydrogens is 212 g/mol. The van der Waals surface area contributed by atoms with E-state index in [-0.39, 0.29) is 18.0 Å². The standard InChI is InChI=1S/C10H14N2O4/c13-9(14)4-2-1-3-6-11-10(15)8-5-7-16-12-8/h5,7H,1-4,6H2,(H,11,15)(H,13,14). The third-order valence-electron chi connectivity index (χ3n) is 2.02. The summed E-state index contributed by atoms with van der Waals surface area (Å²) in [5, 5.41) is 14.5. The van der Waals surface area contributed by atoms with Gasteiger partial charge in [0.1, 0.15) is 6.26 Å². The Morgan fingerprint density at radius 3 is 2.81 bits per heavy atom. The minimum atomic E-state index is -0.786. The van der Waals surface area contributed by atoms with Gasteiger partial charge < -0.3 is 14.9 Å². The highest BCUT2D eigenvalue weighted by Gasteiger charge is 2.07. The largest absolute Gasteiger partial charge is 0.481 e. The zero-order valence-electron chi connectivity index (χ0n) is 8.81. The van der Waals surface area contributed by atoms with Crippen molar-refractivity contribution < 1.29 is 19.2 Å². The molecule has 6 heteroatoms. The fraction of sp³-hybridized carbons (Fsp3) is 0.500. The summed E-state index contributed by atoms with van der Waals surface area (Å²) in [4.78, 5) is 21.5. The molecule has 1 aromatic rings. The Bertz CT molecular complexity index is 335. The Hall–Kier alpha value is -1.85. The van der Waals surface area contributed by atoms with Gasteiger partial charge in [-0.15, -0.1) is 0 Å². The maximum absolute atomic E-state index is 11.3. The minimum Gasteiger partial charge on any atom is -0.481 e. The summed E-state index contributed by atoms with van der Waals surface area (Å²) in [7, 11) is 0. The molecule has 0 saturated heterocycles. The molecule has 0 radical (unpaired) electrons. The summed E-state index contributed by atoms with van der Waals surface area (Å²) in [6.45, 7) is 0.519. The molecule has 1 rings (SSSR count). The monoisotopic (exact) mass is 226 g/mol. The van der Waals surface area contributed by atoms with Crippen LogP contribution in [0.4, 0.5) is 0 Å². The molecule has 0 unspecified atom stereocenters. The van der Waals surface area contributed by atoms with Crippen LogP contribution >= 0.6 is 0 Å². The van der Waals surface area contributed by atoms with Crippen molar-refractivity contribution in [2.45, 2.75) is 25.7 Å². The maximum Gasteiger partial charge on any atom is 0.303 e. The van der Waals surface area contributed by atoms with Gasteiger partial charge in [-0.3, -0.25) is 9.59 Å². The molecule has 16 heavy (non-hydrogen) atoms. The Labute approximate surface area is 92.6 Å². The summed E-state index contributed by atoms with van der Waals surface area (Å²) in [5.41, 5.74) is 0.255. The van der Waals surface area contributed by atoms with Gasteiger partial charge in [-0.25, -0.2) is 0 Å². The highest BCUT2D eigenvalue weighted by molar-refractivity contribution is 5.91. The Balaban J connectivity index is 2.03. The van der Waals surface area contributed by atoms with Gasteiger partial charge in [0.2, 0.25) is 0 Å². The second kappa shape index (κ2) is 6.60. The lowest BCUT2D eigenvalue weighted by Crippen LogP contribution is -2.24. The first kappa shape index (κ1) is 12.2. The van der Waals surface area contributed by atoms with Crippen molar-refractivity contribution in [3.05, 3.63) is 18.0 Å². The lowest BCUT2D eigenvalue weighted by atomic mass is 10.2. The van der Waals surface area contributed by atoms with E-state index in [1.165, 1.54) is 12.3 Å². The molecule has 0 bridgehead atoms. The first-order valence-electron chi connectivity index (χ1n) is 5.10. The number of rotatable bonds is 7. The summed E-state index contributed by atoms with van der Waals surface area (Å²) in [6, 6.07) is 1.49. The number of carboxylic acid groups (broad SMARTS) is 1. The quantitative estimate of drug-likeness (QED) is 0.678.